The third-order valence-electron chi connectivity index (χ3n) is 3.07. The minimum atomic E-state index is -3.95. The van der Waals surface area contributed by atoms with Crippen LogP contribution in [-0.4, -0.2) is 66.2 Å². The van der Waals surface area contributed by atoms with Crippen molar-refractivity contribution in [2.75, 3.05) is 17.7 Å². The number of carbonyl (C=O) groups is 1. The molecule has 0 aliphatic rings. The van der Waals surface area contributed by atoms with Crippen molar-refractivity contribution in [3.05, 3.63) is 0 Å². The Balaban J connectivity index is 0. The number of unbranched alkanes of at least 4 members (excludes halogenated alkanes) is 7. The van der Waals surface area contributed by atoms with Gasteiger partial charge in [0.15, 0.2) is 0 Å². The van der Waals surface area contributed by atoms with Crippen LogP contribution in [0.3, 0.4) is 0 Å². The fourth-order valence-electron chi connectivity index (χ4n) is 1.92. The number of rotatable bonds is 14. The molecule has 1 radical (unpaired) electrons. The van der Waals surface area contributed by atoms with Gasteiger partial charge in [0.1, 0.15) is 0 Å². The molecule has 0 aliphatic heterocycles. The summed E-state index contributed by atoms with van der Waals surface area (Å²) in [4.78, 5) is 11.3. The Morgan fingerprint density at radius 2 is 1.41 bits per heavy atom. The van der Waals surface area contributed by atoms with Crippen molar-refractivity contribution < 1.29 is 22.5 Å². The quantitative estimate of drug-likeness (QED) is 0.156. The molecule has 0 fully saturated rings. The zero-order valence-corrected chi connectivity index (χ0v) is 18.0. The predicted octanol–water partition coefficient (Wildman–Crippen LogP) is 3.33. The minimum Gasteiger partial charge on any atom is -0.466 e. The SMILES string of the molecule is O=C(CCCCCCCCCCBr)OCCCS(=O)(=O)O.[Na]. The maximum atomic E-state index is 11.3. The number of alkyl halides is 1. The topological polar surface area (TPSA) is 80.7 Å². The third-order valence-corrected chi connectivity index (χ3v) is 4.44. The minimum absolute atomic E-state index is 0. The van der Waals surface area contributed by atoms with Crippen molar-refractivity contribution in [2.45, 2.75) is 64.2 Å². The van der Waals surface area contributed by atoms with E-state index in [1.165, 1.54) is 32.1 Å². The van der Waals surface area contributed by atoms with E-state index in [1.807, 2.05) is 0 Å². The number of halogens is 1. The molecule has 0 rings (SSSR count). The van der Waals surface area contributed by atoms with Gasteiger partial charge in [-0.05, 0) is 19.3 Å². The zero-order valence-electron chi connectivity index (χ0n) is 13.6. The number of ether oxygens (including phenoxy) is 1. The monoisotopic (exact) mass is 409 g/mol. The molecule has 0 heterocycles. The molecule has 0 saturated carbocycles. The molecule has 0 aromatic heterocycles. The maximum Gasteiger partial charge on any atom is 0.305 e. The Hall–Kier alpha value is 0.860. The Morgan fingerprint density at radius 3 is 1.91 bits per heavy atom. The molecule has 5 nitrogen and oxygen atoms in total. The molecule has 0 atom stereocenters. The number of esters is 1. The maximum absolute atomic E-state index is 11.3. The van der Waals surface area contributed by atoms with Crippen molar-refractivity contribution in [3.63, 3.8) is 0 Å². The summed E-state index contributed by atoms with van der Waals surface area (Å²) in [6.45, 7) is 0.0478. The number of carbonyl (C=O) groups excluding carboxylic acids is 1. The average Bonchev–Trinajstić information content (AvgIpc) is 2.41. The first-order valence-corrected chi connectivity index (χ1v) is 10.4. The molecule has 22 heavy (non-hydrogen) atoms. The summed E-state index contributed by atoms with van der Waals surface area (Å²) in [6, 6.07) is 0. The van der Waals surface area contributed by atoms with Gasteiger partial charge < -0.3 is 4.74 Å². The predicted molar refractivity (Wildman–Crippen MR) is 93.1 cm³/mol. The van der Waals surface area contributed by atoms with Crippen molar-refractivity contribution in [2.24, 2.45) is 0 Å². The van der Waals surface area contributed by atoms with Gasteiger partial charge in [-0.2, -0.15) is 8.42 Å². The van der Waals surface area contributed by atoms with Gasteiger partial charge in [-0.1, -0.05) is 54.5 Å². The van der Waals surface area contributed by atoms with Gasteiger partial charge in [0, 0.05) is 41.3 Å². The van der Waals surface area contributed by atoms with Crippen LogP contribution in [0.5, 0.6) is 0 Å². The van der Waals surface area contributed by atoms with E-state index in [0.717, 1.165) is 24.6 Å². The van der Waals surface area contributed by atoms with Crippen LogP contribution >= 0.6 is 15.9 Å². The Labute approximate surface area is 165 Å². The molecule has 0 bridgehead atoms. The second-order valence-electron chi connectivity index (χ2n) is 5.13. The fourth-order valence-corrected chi connectivity index (χ4v) is 2.80. The second kappa shape index (κ2) is 16.7. The van der Waals surface area contributed by atoms with Gasteiger partial charge >= 0.3 is 5.97 Å². The first-order valence-electron chi connectivity index (χ1n) is 7.62. The summed E-state index contributed by atoms with van der Waals surface area (Å²) < 4.78 is 34.3. The van der Waals surface area contributed by atoms with E-state index in [-0.39, 0.29) is 54.3 Å². The largest absolute Gasteiger partial charge is 0.466 e. The molecule has 0 amide bonds. The molecule has 8 heteroatoms. The first kappa shape index (κ1) is 25.1. The first-order chi connectivity index (χ1) is 9.95. The standard InChI is InChI=1S/C14H27BrO5S.Na/c15-11-8-6-4-2-1-3-5-7-10-14(16)20-12-9-13-21(17,18)19;/h1-13H2,(H,17,18,19);. The Kier molecular flexibility index (Phi) is 19.1. The van der Waals surface area contributed by atoms with E-state index in [9.17, 15) is 13.2 Å². The molecule has 0 unspecified atom stereocenters. The van der Waals surface area contributed by atoms with Crippen LogP contribution in [0.4, 0.5) is 0 Å². The smallest absolute Gasteiger partial charge is 0.305 e. The van der Waals surface area contributed by atoms with Crippen molar-refractivity contribution in [1.29, 1.82) is 0 Å². The summed E-state index contributed by atoms with van der Waals surface area (Å²) in [5.74, 6) is -0.655. The van der Waals surface area contributed by atoms with Gasteiger partial charge in [0.25, 0.3) is 10.1 Å². The van der Waals surface area contributed by atoms with Gasteiger partial charge in [0.2, 0.25) is 0 Å². The molecule has 1 N–H and O–H groups in total. The van der Waals surface area contributed by atoms with Gasteiger partial charge in [-0.25, -0.2) is 0 Å². The molecule has 0 aromatic rings. The van der Waals surface area contributed by atoms with E-state index < -0.39 is 10.1 Å². The third kappa shape index (κ3) is 20.9. The number of hydrogen-bond acceptors (Lipinski definition) is 4. The molecule has 0 aromatic carbocycles. The summed E-state index contributed by atoms with van der Waals surface area (Å²) in [6.07, 6.45) is 9.78. The van der Waals surface area contributed by atoms with E-state index in [4.69, 9.17) is 9.29 Å². The van der Waals surface area contributed by atoms with Crippen molar-refractivity contribution in [3.8, 4) is 0 Å². The normalized spacial score (nSPS) is 11.0. The van der Waals surface area contributed by atoms with Crippen molar-refractivity contribution >= 4 is 61.6 Å². The van der Waals surface area contributed by atoms with Crippen LogP contribution in [0.25, 0.3) is 0 Å². The van der Waals surface area contributed by atoms with Crippen LogP contribution in [0.15, 0.2) is 0 Å². The Morgan fingerprint density at radius 1 is 0.909 bits per heavy atom. The van der Waals surface area contributed by atoms with E-state index >= 15 is 0 Å². The van der Waals surface area contributed by atoms with Gasteiger partial charge in [0.05, 0.1) is 12.4 Å². The summed E-state index contributed by atoms with van der Waals surface area (Å²) in [7, 11) is -3.95. The van der Waals surface area contributed by atoms with Crippen LogP contribution in [0, 0.1) is 0 Å². The molecule has 0 aliphatic carbocycles. The summed E-state index contributed by atoms with van der Waals surface area (Å²) >= 11 is 3.41. The zero-order chi connectivity index (χ0) is 16.0. The van der Waals surface area contributed by atoms with Crippen LogP contribution in [0.2, 0.25) is 0 Å². The Bertz CT molecular complexity index is 362. The van der Waals surface area contributed by atoms with E-state index in [2.05, 4.69) is 15.9 Å². The van der Waals surface area contributed by atoms with Crippen LogP contribution < -0.4 is 0 Å². The summed E-state index contributed by atoms with van der Waals surface area (Å²) in [5, 5.41) is 1.08. The molecular formula is C14H27BrNaO5S. The molecular weight excluding hydrogens is 383 g/mol. The van der Waals surface area contributed by atoms with E-state index in [1.54, 1.807) is 0 Å². The van der Waals surface area contributed by atoms with Crippen LogP contribution in [-0.2, 0) is 19.6 Å². The second-order valence-corrected chi connectivity index (χ2v) is 7.49. The molecule has 0 spiro atoms. The average molecular weight is 410 g/mol. The van der Waals surface area contributed by atoms with Gasteiger partial charge in [-0.3, -0.25) is 9.35 Å². The fraction of sp³-hybridized carbons (Fsp3) is 0.929. The number of hydrogen-bond donors (Lipinski definition) is 1. The molecule has 0 saturated heterocycles. The van der Waals surface area contributed by atoms with Crippen molar-refractivity contribution in [1.82, 2.24) is 0 Å². The van der Waals surface area contributed by atoms with E-state index in [0.29, 0.717) is 6.42 Å². The van der Waals surface area contributed by atoms with Crippen LogP contribution in [0.1, 0.15) is 64.2 Å². The summed E-state index contributed by atoms with van der Waals surface area (Å²) in [5.41, 5.74) is 0. The molecule has 127 valence electrons. The van der Waals surface area contributed by atoms with Gasteiger partial charge in [-0.15, -0.1) is 0 Å².